The van der Waals surface area contributed by atoms with Gasteiger partial charge in [0, 0.05) is 59.1 Å². The third-order valence-corrected chi connectivity index (χ3v) is 4.11. The van der Waals surface area contributed by atoms with Gasteiger partial charge in [-0.2, -0.15) is 5.10 Å². The number of aryl methyl sites for hydroxylation is 1. The quantitative estimate of drug-likeness (QED) is 0.646. The van der Waals surface area contributed by atoms with E-state index >= 15 is 0 Å². The molecule has 0 unspecified atom stereocenters. The molecule has 3 heterocycles. The van der Waals surface area contributed by atoms with Gasteiger partial charge in [0.25, 0.3) is 0 Å². The Balaban J connectivity index is 1.48. The molecule has 8 nitrogen and oxygen atoms in total. The molecule has 2 aromatic rings. The highest BCUT2D eigenvalue weighted by Crippen LogP contribution is 2.07. The molecule has 1 aliphatic heterocycles. The van der Waals surface area contributed by atoms with Gasteiger partial charge in [-0.1, -0.05) is 5.16 Å². The lowest BCUT2D eigenvalue weighted by Gasteiger charge is -2.36. The van der Waals surface area contributed by atoms with E-state index in [4.69, 9.17) is 4.52 Å². The van der Waals surface area contributed by atoms with Crippen molar-refractivity contribution in [2.45, 2.75) is 13.1 Å². The van der Waals surface area contributed by atoms with Gasteiger partial charge < -0.3 is 14.7 Å². The highest BCUT2D eigenvalue weighted by Gasteiger charge is 2.20. The maximum Gasteiger partial charge on any atom is 0.194 e. The minimum absolute atomic E-state index is 0.725. The molecule has 1 saturated heterocycles. The molecule has 0 spiro atoms. The Morgan fingerprint density at radius 1 is 1.30 bits per heavy atom. The monoisotopic (exact) mass is 317 g/mol. The number of hydrogen-bond acceptors (Lipinski definition) is 5. The first-order valence-electron chi connectivity index (χ1n) is 7.80. The molecule has 0 amide bonds. The van der Waals surface area contributed by atoms with Gasteiger partial charge in [0.2, 0.25) is 0 Å². The Morgan fingerprint density at radius 3 is 2.74 bits per heavy atom. The molecule has 1 N–H and O–H groups in total. The van der Waals surface area contributed by atoms with Crippen molar-refractivity contribution < 1.29 is 4.52 Å². The summed E-state index contributed by atoms with van der Waals surface area (Å²) in [5, 5.41) is 11.6. The second-order valence-electron chi connectivity index (χ2n) is 5.60. The van der Waals surface area contributed by atoms with Crippen LogP contribution < -0.4 is 5.32 Å². The average Bonchev–Trinajstić information content (AvgIpc) is 3.21. The molecule has 0 atom stereocenters. The van der Waals surface area contributed by atoms with Crippen molar-refractivity contribution in [3.8, 4) is 0 Å². The molecule has 0 radical (unpaired) electrons. The number of piperazine rings is 1. The summed E-state index contributed by atoms with van der Waals surface area (Å²) in [6, 6.07) is 3.93. The maximum atomic E-state index is 4.89. The minimum atomic E-state index is 0.725. The lowest BCUT2D eigenvalue weighted by Crippen LogP contribution is -2.52. The number of aliphatic imine (C=N–C) groups is 1. The van der Waals surface area contributed by atoms with Gasteiger partial charge in [-0.3, -0.25) is 14.6 Å². The Morgan fingerprint density at radius 2 is 2.13 bits per heavy atom. The molecule has 3 rings (SSSR count). The fourth-order valence-electron chi connectivity index (χ4n) is 2.74. The SMILES string of the molecule is CN=C(NCc1ccnn1C)N1CCN(Cc2ccon2)CC1. The molecule has 2 aromatic heterocycles. The van der Waals surface area contributed by atoms with Crippen LogP contribution >= 0.6 is 0 Å². The molecule has 0 bridgehead atoms. The second kappa shape index (κ2) is 7.28. The van der Waals surface area contributed by atoms with Crippen LogP contribution in [0.1, 0.15) is 11.4 Å². The van der Waals surface area contributed by atoms with E-state index in [1.807, 2.05) is 37.1 Å². The summed E-state index contributed by atoms with van der Waals surface area (Å²) in [5.41, 5.74) is 2.12. The molecule has 0 aliphatic carbocycles. The fraction of sp³-hybridized carbons (Fsp3) is 0.533. The summed E-state index contributed by atoms with van der Waals surface area (Å²) in [6.45, 7) is 5.43. The zero-order valence-corrected chi connectivity index (χ0v) is 13.6. The van der Waals surface area contributed by atoms with Gasteiger partial charge in [-0.25, -0.2) is 0 Å². The van der Waals surface area contributed by atoms with E-state index in [0.29, 0.717) is 0 Å². The number of nitrogens with zero attached hydrogens (tertiary/aromatic N) is 6. The Kier molecular flexibility index (Phi) is 4.92. The van der Waals surface area contributed by atoms with E-state index in [1.54, 1.807) is 6.26 Å². The van der Waals surface area contributed by atoms with Crippen LogP contribution in [0, 0.1) is 0 Å². The molecule has 8 heteroatoms. The van der Waals surface area contributed by atoms with E-state index in [1.165, 1.54) is 0 Å². The summed E-state index contributed by atoms with van der Waals surface area (Å²) < 4.78 is 6.76. The van der Waals surface area contributed by atoms with Gasteiger partial charge >= 0.3 is 0 Å². The Labute approximate surface area is 135 Å². The van der Waals surface area contributed by atoms with Gasteiger partial charge in [0.05, 0.1) is 17.9 Å². The summed E-state index contributed by atoms with van der Waals surface area (Å²) in [5.74, 6) is 0.937. The Hall–Kier alpha value is -2.35. The van der Waals surface area contributed by atoms with Crippen LogP contribution in [-0.4, -0.2) is 63.9 Å². The van der Waals surface area contributed by atoms with Gasteiger partial charge in [-0.05, 0) is 6.07 Å². The van der Waals surface area contributed by atoms with Crippen molar-refractivity contribution in [2.75, 3.05) is 33.2 Å². The molecule has 124 valence electrons. The summed E-state index contributed by atoms with van der Waals surface area (Å²) >= 11 is 0. The number of nitrogens with one attached hydrogen (secondary N) is 1. The van der Waals surface area contributed by atoms with Crippen LogP contribution in [0.2, 0.25) is 0 Å². The zero-order valence-electron chi connectivity index (χ0n) is 13.6. The smallest absolute Gasteiger partial charge is 0.194 e. The van der Waals surface area contributed by atoms with Crippen molar-refractivity contribution in [3.63, 3.8) is 0 Å². The van der Waals surface area contributed by atoms with E-state index in [0.717, 1.165) is 56.6 Å². The standard InChI is InChI=1S/C15H23N7O/c1-16-15(17-11-14-3-5-18-20(14)2)22-8-6-21(7-9-22)12-13-4-10-23-19-13/h3-5,10H,6-9,11-12H2,1-2H3,(H,16,17). The molecular formula is C15H23N7O. The van der Waals surface area contributed by atoms with Crippen molar-refractivity contribution >= 4 is 5.96 Å². The minimum Gasteiger partial charge on any atom is -0.364 e. The summed E-state index contributed by atoms with van der Waals surface area (Å²) in [6.07, 6.45) is 3.43. The van der Waals surface area contributed by atoms with Gasteiger partial charge in [0.15, 0.2) is 5.96 Å². The van der Waals surface area contributed by atoms with Gasteiger partial charge in [0.1, 0.15) is 6.26 Å². The lowest BCUT2D eigenvalue weighted by atomic mass is 10.3. The normalized spacial score (nSPS) is 16.8. The molecule has 0 saturated carbocycles. The van der Waals surface area contributed by atoms with Crippen LogP contribution in [0.25, 0.3) is 0 Å². The predicted molar refractivity (Wildman–Crippen MR) is 86.8 cm³/mol. The number of aromatic nitrogens is 3. The Bertz CT molecular complexity index is 626. The largest absolute Gasteiger partial charge is 0.364 e. The first-order chi connectivity index (χ1) is 11.3. The van der Waals surface area contributed by atoms with Crippen molar-refractivity contribution in [1.29, 1.82) is 0 Å². The molecule has 1 fully saturated rings. The third kappa shape index (κ3) is 3.89. The van der Waals surface area contributed by atoms with Crippen molar-refractivity contribution in [1.82, 2.24) is 30.1 Å². The van der Waals surface area contributed by atoms with Crippen molar-refractivity contribution in [2.24, 2.45) is 12.0 Å². The molecular weight excluding hydrogens is 294 g/mol. The maximum absolute atomic E-state index is 4.89. The fourth-order valence-corrected chi connectivity index (χ4v) is 2.74. The van der Waals surface area contributed by atoms with Crippen LogP contribution in [0.3, 0.4) is 0 Å². The van der Waals surface area contributed by atoms with Crippen molar-refractivity contribution in [3.05, 3.63) is 36.0 Å². The average molecular weight is 317 g/mol. The molecule has 0 aromatic carbocycles. The second-order valence-corrected chi connectivity index (χ2v) is 5.60. The third-order valence-electron chi connectivity index (χ3n) is 4.11. The number of rotatable bonds is 4. The topological polar surface area (TPSA) is 74.7 Å². The highest BCUT2D eigenvalue weighted by atomic mass is 16.5. The van der Waals surface area contributed by atoms with Crippen LogP contribution in [0.15, 0.2) is 34.1 Å². The van der Waals surface area contributed by atoms with E-state index in [2.05, 4.69) is 30.4 Å². The first-order valence-corrected chi connectivity index (χ1v) is 7.80. The van der Waals surface area contributed by atoms with Crippen LogP contribution in [0.5, 0.6) is 0 Å². The lowest BCUT2D eigenvalue weighted by molar-refractivity contribution is 0.169. The highest BCUT2D eigenvalue weighted by molar-refractivity contribution is 5.79. The number of guanidine groups is 1. The number of hydrogen-bond donors (Lipinski definition) is 1. The van der Waals surface area contributed by atoms with Gasteiger partial charge in [-0.15, -0.1) is 0 Å². The molecule has 23 heavy (non-hydrogen) atoms. The zero-order chi connectivity index (χ0) is 16.1. The van der Waals surface area contributed by atoms with Crippen LogP contribution in [-0.2, 0) is 20.1 Å². The molecule has 1 aliphatic rings. The van der Waals surface area contributed by atoms with E-state index in [9.17, 15) is 0 Å². The van der Waals surface area contributed by atoms with E-state index in [-0.39, 0.29) is 0 Å². The predicted octanol–water partition coefficient (Wildman–Crippen LogP) is 0.301. The van der Waals surface area contributed by atoms with Crippen LogP contribution in [0.4, 0.5) is 0 Å². The summed E-state index contributed by atoms with van der Waals surface area (Å²) in [7, 11) is 3.77. The summed E-state index contributed by atoms with van der Waals surface area (Å²) in [4.78, 5) is 9.06. The first kappa shape index (κ1) is 15.5. The van der Waals surface area contributed by atoms with E-state index < -0.39 is 0 Å².